The van der Waals surface area contributed by atoms with Crippen LogP contribution in [0.4, 0.5) is 0 Å². The van der Waals surface area contributed by atoms with Crippen molar-refractivity contribution in [3.63, 3.8) is 0 Å². The molecule has 0 fully saturated rings. The van der Waals surface area contributed by atoms with E-state index in [9.17, 15) is 9.59 Å². The van der Waals surface area contributed by atoms with Gasteiger partial charge in [-0.2, -0.15) is 11.8 Å². The number of carbonyl (C=O) groups excluding carboxylic acids is 2. The number of methoxy groups -OCH3 is 1. The first-order chi connectivity index (χ1) is 6.61. The highest BCUT2D eigenvalue weighted by atomic mass is 32.2. The van der Waals surface area contributed by atoms with Gasteiger partial charge in [0.2, 0.25) is 0 Å². The maximum atomic E-state index is 11.4. The summed E-state index contributed by atoms with van der Waals surface area (Å²) in [5.41, 5.74) is 0. The van der Waals surface area contributed by atoms with Gasteiger partial charge in [0.25, 0.3) is 0 Å². The van der Waals surface area contributed by atoms with E-state index < -0.39 is 0 Å². The SMILES string of the molecule is CCSCCC(=O)C(C)CC(=O)OC. The maximum Gasteiger partial charge on any atom is 0.306 e. The fraction of sp³-hybridized carbons (Fsp3) is 0.800. The second kappa shape index (κ2) is 7.85. The number of carbonyl (C=O) groups is 2. The predicted octanol–water partition coefficient (Wildman–Crippen LogP) is 1.90. The zero-order chi connectivity index (χ0) is 11.0. The fourth-order valence-corrected chi connectivity index (χ4v) is 1.64. The number of esters is 1. The minimum atomic E-state index is -0.311. The van der Waals surface area contributed by atoms with E-state index in [0.29, 0.717) is 6.42 Å². The van der Waals surface area contributed by atoms with E-state index in [1.54, 1.807) is 18.7 Å². The van der Waals surface area contributed by atoms with Crippen molar-refractivity contribution in [1.29, 1.82) is 0 Å². The summed E-state index contributed by atoms with van der Waals surface area (Å²) in [5, 5.41) is 0. The van der Waals surface area contributed by atoms with Gasteiger partial charge in [0, 0.05) is 18.1 Å². The molecule has 0 aliphatic heterocycles. The molecule has 0 aliphatic carbocycles. The number of rotatable bonds is 7. The van der Waals surface area contributed by atoms with Crippen LogP contribution < -0.4 is 0 Å². The summed E-state index contributed by atoms with van der Waals surface area (Å²) in [6.07, 6.45) is 0.753. The second-order valence-electron chi connectivity index (χ2n) is 3.09. The molecule has 0 amide bonds. The van der Waals surface area contributed by atoms with Gasteiger partial charge in [-0.25, -0.2) is 0 Å². The fourth-order valence-electron chi connectivity index (χ4n) is 1.01. The highest BCUT2D eigenvalue weighted by Crippen LogP contribution is 2.10. The van der Waals surface area contributed by atoms with Crippen LogP contribution in [-0.2, 0) is 14.3 Å². The summed E-state index contributed by atoms with van der Waals surface area (Å²) in [4.78, 5) is 22.3. The first-order valence-electron chi connectivity index (χ1n) is 4.79. The van der Waals surface area contributed by atoms with Gasteiger partial charge < -0.3 is 4.74 Å². The van der Waals surface area contributed by atoms with Gasteiger partial charge >= 0.3 is 5.97 Å². The third-order valence-electron chi connectivity index (χ3n) is 1.95. The Balaban J connectivity index is 3.70. The van der Waals surface area contributed by atoms with Crippen LogP contribution in [0.25, 0.3) is 0 Å². The van der Waals surface area contributed by atoms with Gasteiger partial charge in [-0.15, -0.1) is 0 Å². The zero-order valence-electron chi connectivity index (χ0n) is 9.04. The number of Topliss-reactive ketones (excluding diaryl/α,β-unsaturated/α-hetero) is 1. The molecule has 0 spiro atoms. The third-order valence-corrected chi connectivity index (χ3v) is 2.85. The number of thioether (sulfide) groups is 1. The van der Waals surface area contributed by atoms with Crippen LogP contribution in [0.15, 0.2) is 0 Å². The molecule has 0 aliphatic rings. The monoisotopic (exact) mass is 218 g/mol. The van der Waals surface area contributed by atoms with Crippen LogP contribution in [0.5, 0.6) is 0 Å². The smallest absolute Gasteiger partial charge is 0.306 e. The van der Waals surface area contributed by atoms with Crippen molar-refractivity contribution < 1.29 is 14.3 Å². The molecule has 0 saturated heterocycles. The Morgan fingerprint density at radius 1 is 1.43 bits per heavy atom. The van der Waals surface area contributed by atoms with Crippen LogP contribution in [0.1, 0.15) is 26.7 Å². The summed E-state index contributed by atoms with van der Waals surface area (Å²) in [7, 11) is 1.34. The van der Waals surface area contributed by atoms with Crippen molar-refractivity contribution in [1.82, 2.24) is 0 Å². The molecular weight excluding hydrogens is 200 g/mol. The molecule has 0 saturated carbocycles. The molecule has 0 rings (SSSR count). The summed E-state index contributed by atoms with van der Waals surface area (Å²) in [6, 6.07) is 0. The summed E-state index contributed by atoms with van der Waals surface area (Å²) in [6.45, 7) is 3.84. The summed E-state index contributed by atoms with van der Waals surface area (Å²) < 4.78 is 4.50. The average Bonchev–Trinajstić information content (AvgIpc) is 2.17. The van der Waals surface area contributed by atoms with Crippen LogP contribution in [-0.4, -0.2) is 30.4 Å². The van der Waals surface area contributed by atoms with Crippen molar-refractivity contribution in [3.8, 4) is 0 Å². The van der Waals surface area contributed by atoms with Crippen molar-refractivity contribution in [2.45, 2.75) is 26.7 Å². The highest BCUT2D eigenvalue weighted by Gasteiger charge is 2.16. The molecule has 0 aromatic carbocycles. The Bertz CT molecular complexity index is 192. The van der Waals surface area contributed by atoms with Gasteiger partial charge in [-0.3, -0.25) is 9.59 Å². The molecule has 0 aromatic rings. The minimum Gasteiger partial charge on any atom is -0.469 e. The number of ketones is 1. The van der Waals surface area contributed by atoms with Crippen molar-refractivity contribution in [2.75, 3.05) is 18.6 Å². The molecule has 0 heterocycles. The second-order valence-corrected chi connectivity index (χ2v) is 4.49. The highest BCUT2D eigenvalue weighted by molar-refractivity contribution is 7.99. The van der Waals surface area contributed by atoms with Crippen molar-refractivity contribution in [2.24, 2.45) is 5.92 Å². The molecule has 0 radical (unpaired) electrons. The maximum absolute atomic E-state index is 11.4. The van der Waals surface area contributed by atoms with Crippen LogP contribution >= 0.6 is 11.8 Å². The molecule has 14 heavy (non-hydrogen) atoms. The average molecular weight is 218 g/mol. The molecule has 0 aromatic heterocycles. The first kappa shape index (κ1) is 13.5. The van der Waals surface area contributed by atoms with Crippen molar-refractivity contribution in [3.05, 3.63) is 0 Å². The topological polar surface area (TPSA) is 43.4 Å². The van der Waals surface area contributed by atoms with E-state index in [1.807, 2.05) is 0 Å². The van der Waals surface area contributed by atoms with Gasteiger partial charge in [0.05, 0.1) is 13.5 Å². The lowest BCUT2D eigenvalue weighted by Crippen LogP contribution is -2.16. The Morgan fingerprint density at radius 3 is 2.57 bits per heavy atom. The van der Waals surface area contributed by atoms with Gasteiger partial charge in [0.15, 0.2) is 0 Å². The quantitative estimate of drug-likeness (QED) is 0.483. The van der Waals surface area contributed by atoms with E-state index in [0.717, 1.165) is 11.5 Å². The summed E-state index contributed by atoms with van der Waals surface area (Å²) >= 11 is 1.74. The van der Waals surface area contributed by atoms with Crippen LogP contribution in [0, 0.1) is 5.92 Å². The normalized spacial score (nSPS) is 12.2. The van der Waals surface area contributed by atoms with E-state index in [4.69, 9.17) is 0 Å². The van der Waals surface area contributed by atoms with E-state index in [1.165, 1.54) is 7.11 Å². The molecule has 0 bridgehead atoms. The van der Waals surface area contributed by atoms with E-state index in [2.05, 4.69) is 11.7 Å². The summed E-state index contributed by atoms with van der Waals surface area (Å²) in [5.74, 6) is 1.50. The Kier molecular flexibility index (Phi) is 7.57. The predicted molar refractivity (Wildman–Crippen MR) is 58.4 cm³/mol. The minimum absolute atomic E-state index is 0.149. The lowest BCUT2D eigenvalue weighted by Gasteiger charge is -2.08. The standard InChI is InChI=1S/C10H18O3S/c1-4-14-6-5-9(11)8(2)7-10(12)13-3/h8H,4-7H2,1-3H3. The van der Waals surface area contributed by atoms with Crippen LogP contribution in [0.2, 0.25) is 0 Å². The molecule has 82 valence electrons. The Hall–Kier alpha value is -0.510. The Morgan fingerprint density at radius 2 is 2.07 bits per heavy atom. The molecule has 0 N–H and O–H groups in total. The number of hydrogen-bond acceptors (Lipinski definition) is 4. The van der Waals surface area contributed by atoms with Crippen LogP contribution in [0.3, 0.4) is 0 Å². The van der Waals surface area contributed by atoms with Gasteiger partial charge in [0.1, 0.15) is 5.78 Å². The van der Waals surface area contributed by atoms with Gasteiger partial charge in [-0.1, -0.05) is 13.8 Å². The largest absolute Gasteiger partial charge is 0.469 e. The Labute approximate surface area is 89.6 Å². The molecular formula is C10H18O3S. The molecule has 1 atom stereocenters. The van der Waals surface area contributed by atoms with Gasteiger partial charge in [-0.05, 0) is 5.75 Å². The first-order valence-corrected chi connectivity index (χ1v) is 5.94. The molecule has 1 unspecified atom stereocenters. The van der Waals surface area contributed by atoms with E-state index >= 15 is 0 Å². The third kappa shape index (κ3) is 6.02. The number of hydrogen-bond donors (Lipinski definition) is 0. The molecule has 3 nitrogen and oxygen atoms in total. The lowest BCUT2D eigenvalue weighted by molar-refractivity contribution is -0.143. The number of ether oxygens (including phenoxy) is 1. The zero-order valence-corrected chi connectivity index (χ0v) is 9.86. The lowest BCUT2D eigenvalue weighted by atomic mass is 10.0. The van der Waals surface area contributed by atoms with E-state index in [-0.39, 0.29) is 24.1 Å². The molecule has 4 heteroatoms. The van der Waals surface area contributed by atoms with Crippen molar-refractivity contribution >= 4 is 23.5 Å².